The molecule has 8 heteroatoms. The van der Waals surface area contributed by atoms with Crippen LogP contribution in [0.5, 0.6) is 5.75 Å². The quantitative estimate of drug-likeness (QED) is 0.437. The Balaban J connectivity index is 3.40. The number of halogens is 6. The Kier molecular flexibility index (Phi) is 5.08. The number of hydrogen-bond donors (Lipinski definition) is 0. The smallest absolute Gasteiger partial charge is 0.413 e. The summed E-state index contributed by atoms with van der Waals surface area (Å²) in [5.41, 5.74) is -3.24. The molecule has 1 aromatic rings. The van der Waals surface area contributed by atoms with Crippen LogP contribution in [0.25, 0.3) is 0 Å². The zero-order valence-electron chi connectivity index (χ0n) is 12.9. The number of ether oxygens (including phenoxy) is 1. The maximum atomic E-state index is 13.1. The summed E-state index contributed by atoms with van der Waals surface area (Å²) >= 11 is 0. The minimum Gasteiger partial charge on any atom is -0.425 e. The van der Waals surface area contributed by atoms with Gasteiger partial charge in [-0.2, -0.15) is 26.3 Å². The van der Waals surface area contributed by atoms with E-state index in [0.717, 1.165) is 5.56 Å². The number of carbonyl (C=O) groups is 1. The van der Waals surface area contributed by atoms with Gasteiger partial charge in [-0.15, -0.1) is 0 Å². The topological polar surface area (TPSA) is 26.3 Å². The average Bonchev–Trinajstić information content (AvgIpc) is 2.31. The molecule has 0 radical (unpaired) electrons. The predicted octanol–water partition coefficient (Wildman–Crippen LogP) is 5.04. The number of carbonyl (C=O) groups excluding carboxylic acids is 1. The fourth-order valence-electron chi connectivity index (χ4n) is 2.44. The first-order valence-corrected chi connectivity index (χ1v) is 6.71. The summed E-state index contributed by atoms with van der Waals surface area (Å²) in [5, 5.41) is 0. The van der Waals surface area contributed by atoms with E-state index in [1.54, 1.807) is 6.92 Å². The van der Waals surface area contributed by atoms with Gasteiger partial charge in [0.25, 0.3) is 5.41 Å². The molecule has 0 bridgehead atoms. The number of aryl methyl sites for hydroxylation is 3. The lowest BCUT2D eigenvalue weighted by molar-refractivity contribution is -0.330. The van der Waals surface area contributed by atoms with Gasteiger partial charge in [0, 0.05) is 0 Å². The fraction of sp³-hybridized carbons (Fsp3) is 0.533. The molecule has 0 aliphatic heterocycles. The highest BCUT2D eigenvalue weighted by Gasteiger charge is 2.75. The predicted molar refractivity (Wildman–Crippen MR) is 71.1 cm³/mol. The lowest BCUT2D eigenvalue weighted by Crippen LogP contribution is -2.56. The van der Waals surface area contributed by atoms with Crippen molar-refractivity contribution < 1.29 is 35.9 Å². The van der Waals surface area contributed by atoms with Crippen LogP contribution in [0.15, 0.2) is 12.1 Å². The van der Waals surface area contributed by atoms with Crippen LogP contribution in [-0.2, 0) is 4.79 Å². The van der Waals surface area contributed by atoms with Gasteiger partial charge >= 0.3 is 18.3 Å². The summed E-state index contributed by atoms with van der Waals surface area (Å²) in [7, 11) is 0. The van der Waals surface area contributed by atoms with Crippen LogP contribution in [0, 0.1) is 26.2 Å². The molecule has 0 atom stereocenters. The van der Waals surface area contributed by atoms with Gasteiger partial charge in [-0.25, -0.2) is 0 Å². The van der Waals surface area contributed by atoms with E-state index in [9.17, 15) is 31.1 Å². The third kappa shape index (κ3) is 3.30. The van der Waals surface area contributed by atoms with Crippen molar-refractivity contribution in [3.63, 3.8) is 0 Å². The Hall–Kier alpha value is -1.73. The van der Waals surface area contributed by atoms with Crippen LogP contribution >= 0.6 is 0 Å². The van der Waals surface area contributed by atoms with Crippen LogP contribution in [0.3, 0.4) is 0 Å². The van der Waals surface area contributed by atoms with Crippen LogP contribution < -0.4 is 4.74 Å². The van der Waals surface area contributed by atoms with E-state index in [2.05, 4.69) is 4.74 Å². The molecule has 0 fully saturated rings. The molecule has 0 unspecified atom stereocenters. The number of alkyl halides is 6. The molecule has 0 aliphatic carbocycles. The average molecular weight is 342 g/mol. The molecule has 0 heterocycles. The molecule has 2 nitrogen and oxygen atoms in total. The second kappa shape index (κ2) is 6.05. The summed E-state index contributed by atoms with van der Waals surface area (Å²) < 4.78 is 83.0. The normalized spacial score (nSPS) is 13.1. The molecule has 0 aromatic heterocycles. The van der Waals surface area contributed by atoms with Gasteiger partial charge in [0.15, 0.2) is 0 Å². The van der Waals surface area contributed by atoms with E-state index >= 15 is 0 Å². The van der Waals surface area contributed by atoms with Crippen LogP contribution in [0.4, 0.5) is 26.3 Å². The van der Waals surface area contributed by atoms with Crippen LogP contribution in [0.1, 0.15) is 30.0 Å². The third-order valence-corrected chi connectivity index (χ3v) is 3.65. The second-order valence-electron chi connectivity index (χ2n) is 5.37. The standard InChI is InChI=1S/C15H16F6O2/c1-5-13(14(16,17)18,15(19,20)21)12(22)23-11-9(3)6-8(2)7-10(11)4/h6-7H,5H2,1-4H3. The molecule has 0 aliphatic rings. The van der Waals surface area contributed by atoms with Gasteiger partial charge in [-0.1, -0.05) is 24.6 Å². The molecule has 1 aromatic carbocycles. The van der Waals surface area contributed by atoms with Crippen molar-refractivity contribution in [2.45, 2.75) is 46.5 Å². The minimum absolute atomic E-state index is 0.283. The monoisotopic (exact) mass is 342 g/mol. The van der Waals surface area contributed by atoms with Crippen molar-refractivity contribution in [3.8, 4) is 5.75 Å². The summed E-state index contributed by atoms with van der Waals surface area (Å²) in [6.45, 7) is 5.24. The molecule has 0 spiro atoms. The third-order valence-electron chi connectivity index (χ3n) is 3.65. The summed E-state index contributed by atoms with van der Waals surface area (Å²) in [6.07, 6.45) is -13.1. The van der Waals surface area contributed by atoms with Gasteiger partial charge in [0.05, 0.1) is 0 Å². The Morgan fingerprint density at radius 2 is 1.35 bits per heavy atom. The zero-order chi connectivity index (χ0) is 18.2. The molecular formula is C15H16F6O2. The summed E-state index contributed by atoms with van der Waals surface area (Å²) in [6, 6.07) is 3.01. The van der Waals surface area contributed by atoms with Gasteiger partial charge in [-0.05, 0) is 38.3 Å². The maximum Gasteiger partial charge on any atom is 0.413 e. The van der Waals surface area contributed by atoms with Crippen LogP contribution in [0.2, 0.25) is 0 Å². The van der Waals surface area contributed by atoms with Crippen molar-refractivity contribution in [2.24, 2.45) is 5.41 Å². The van der Waals surface area contributed by atoms with Crippen molar-refractivity contribution in [1.82, 2.24) is 0 Å². The Morgan fingerprint density at radius 3 is 1.65 bits per heavy atom. The summed E-state index contributed by atoms with van der Waals surface area (Å²) in [4.78, 5) is 11.9. The van der Waals surface area contributed by atoms with E-state index in [0.29, 0.717) is 6.92 Å². The Morgan fingerprint density at radius 1 is 0.957 bits per heavy atom. The zero-order valence-corrected chi connectivity index (χ0v) is 12.9. The molecule has 23 heavy (non-hydrogen) atoms. The van der Waals surface area contributed by atoms with E-state index in [1.165, 1.54) is 26.0 Å². The van der Waals surface area contributed by atoms with E-state index in [-0.39, 0.29) is 16.9 Å². The Bertz CT molecular complexity index is 564. The van der Waals surface area contributed by atoms with Gasteiger partial charge < -0.3 is 4.74 Å². The first-order valence-electron chi connectivity index (χ1n) is 6.71. The number of esters is 1. The molecule has 0 saturated heterocycles. The SMILES string of the molecule is CCC(C(=O)Oc1c(C)cc(C)cc1C)(C(F)(F)F)C(F)(F)F. The Labute approximate surface area is 129 Å². The highest BCUT2D eigenvalue weighted by molar-refractivity contribution is 5.81. The molecule has 1 rings (SSSR count). The van der Waals surface area contributed by atoms with Crippen LogP contribution in [-0.4, -0.2) is 18.3 Å². The van der Waals surface area contributed by atoms with Gasteiger partial charge in [0.1, 0.15) is 5.75 Å². The molecule has 0 N–H and O–H groups in total. The number of hydrogen-bond acceptors (Lipinski definition) is 2. The van der Waals surface area contributed by atoms with E-state index in [4.69, 9.17) is 0 Å². The van der Waals surface area contributed by atoms with Crippen molar-refractivity contribution >= 4 is 5.97 Å². The van der Waals surface area contributed by atoms with Crippen molar-refractivity contribution in [1.29, 1.82) is 0 Å². The first kappa shape index (κ1) is 19.3. The molecule has 130 valence electrons. The number of rotatable bonds is 3. The van der Waals surface area contributed by atoms with Crippen molar-refractivity contribution in [2.75, 3.05) is 0 Å². The summed E-state index contributed by atoms with van der Waals surface area (Å²) in [5.74, 6) is -2.65. The van der Waals surface area contributed by atoms with Crippen molar-refractivity contribution in [3.05, 3.63) is 28.8 Å². The highest BCUT2D eigenvalue weighted by atomic mass is 19.4. The van der Waals surface area contributed by atoms with Gasteiger partial charge in [-0.3, -0.25) is 4.79 Å². The second-order valence-corrected chi connectivity index (χ2v) is 5.37. The van der Waals surface area contributed by atoms with Gasteiger partial charge in [0.2, 0.25) is 0 Å². The minimum atomic E-state index is -5.82. The number of benzene rings is 1. The fourth-order valence-corrected chi connectivity index (χ4v) is 2.44. The van der Waals surface area contributed by atoms with E-state index in [1.807, 2.05) is 0 Å². The highest BCUT2D eigenvalue weighted by Crippen LogP contribution is 2.53. The molecular weight excluding hydrogens is 326 g/mol. The molecule has 0 saturated carbocycles. The first-order chi connectivity index (χ1) is 10.3. The lowest BCUT2D eigenvalue weighted by Gasteiger charge is -2.34. The largest absolute Gasteiger partial charge is 0.425 e. The molecule has 0 amide bonds. The van der Waals surface area contributed by atoms with E-state index < -0.39 is 30.2 Å². The lowest BCUT2D eigenvalue weighted by atomic mass is 9.83. The maximum absolute atomic E-state index is 13.1.